The van der Waals surface area contributed by atoms with E-state index in [0.29, 0.717) is 6.54 Å². The number of nitrogens with one attached hydrogen (secondary N) is 1. The van der Waals surface area contributed by atoms with E-state index in [1.807, 2.05) is 18.4 Å². The minimum Gasteiger partial charge on any atom is -0.388 e. The molecule has 1 saturated carbocycles. The van der Waals surface area contributed by atoms with E-state index in [-0.39, 0.29) is 5.91 Å². The number of hydrogen-bond donors (Lipinski definition) is 2. The Bertz CT molecular complexity index is 380. The molecule has 0 bridgehead atoms. The van der Waals surface area contributed by atoms with Gasteiger partial charge in [-0.05, 0) is 36.8 Å². The van der Waals surface area contributed by atoms with Crippen molar-refractivity contribution in [3.05, 3.63) is 21.9 Å². The molecular weight excluding hydrogens is 222 g/mol. The molecule has 1 aromatic heterocycles. The fourth-order valence-electron chi connectivity index (χ4n) is 2.09. The molecular formula is C12H17NO2S. The van der Waals surface area contributed by atoms with E-state index in [4.69, 9.17) is 0 Å². The molecule has 3 nitrogen and oxygen atoms in total. The Morgan fingerprint density at radius 1 is 1.56 bits per heavy atom. The van der Waals surface area contributed by atoms with Crippen LogP contribution in [-0.4, -0.2) is 23.2 Å². The van der Waals surface area contributed by atoms with Gasteiger partial charge in [-0.15, -0.1) is 11.3 Å². The normalized spacial score (nSPS) is 18.6. The van der Waals surface area contributed by atoms with Crippen molar-refractivity contribution in [2.24, 2.45) is 0 Å². The van der Waals surface area contributed by atoms with Crippen molar-refractivity contribution < 1.29 is 9.90 Å². The van der Waals surface area contributed by atoms with Gasteiger partial charge in [-0.1, -0.05) is 12.8 Å². The van der Waals surface area contributed by atoms with E-state index >= 15 is 0 Å². The zero-order chi connectivity index (χ0) is 11.6. The molecule has 88 valence electrons. The van der Waals surface area contributed by atoms with Crippen molar-refractivity contribution in [1.82, 2.24) is 5.32 Å². The molecule has 1 heterocycles. The Labute approximate surface area is 99.5 Å². The van der Waals surface area contributed by atoms with Gasteiger partial charge in [-0.3, -0.25) is 4.79 Å². The van der Waals surface area contributed by atoms with Crippen LogP contribution >= 0.6 is 11.3 Å². The molecule has 2 rings (SSSR count). The first-order valence-corrected chi connectivity index (χ1v) is 6.53. The predicted octanol–water partition coefficient (Wildman–Crippen LogP) is 2.09. The molecule has 0 saturated heterocycles. The summed E-state index contributed by atoms with van der Waals surface area (Å²) in [6, 6.07) is 1.87. The summed E-state index contributed by atoms with van der Waals surface area (Å²) in [5, 5.41) is 14.9. The Hall–Kier alpha value is -0.870. The van der Waals surface area contributed by atoms with E-state index in [2.05, 4.69) is 5.32 Å². The van der Waals surface area contributed by atoms with E-state index < -0.39 is 5.60 Å². The smallest absolute Gasteiger partial charge is 0.261 e. The second-order valence-corrected chi connectivity index (χ2v) is 5.51. The van der Waals surface area contributed by atoms with Crippen LogP contribution in [0.15, 0.2) is 11.4 Å². The topological polar surface area (TPSA) is 49.3 Å². The Balaban J connectivity index is 1.88. The van der Waals surface area contributed by atoms with Crippen molar-refractivity contribution in [3.63, 3.8) is 0 Å². The van der Waals surface area contributed by atoms with Crippen molar-refractivity contribution >= 4 is 17.2 Å². The monoisotopic (exact) mass is 239 g/mol. The van der Waals surface area contributed by atoms with Crippen molar-refractivity contribution in [2.45, 2.75) is 38.2 Å². The van der Waals surface area contributed by atoms with E-state index in [0.717, 1.165) is 36.1 Å². The van der Waals surface area contributed by atoms with Crippen molar-refractivity contribution in [1.29, 1.82) is 0 Å². The highest BCUT2D eigenvalue weighted by Crippen LogP contribution is 2.28. The van der Waals surface area contributed by atoms with Gasteiger partial charge >= 0.3 is 0 Å². The van der Waals surface area contributed by atoms with Gasteiger partial charge in [-0.25, -0.2) is 0 Å². The van der Waals surface area contributed by atoms with Gasteiger partial charge < -0.3 is 10.4 Å². The summed E-state index contributed by atoms with van der Waals surface area (Å²) in [4.78, 5) is 12.5. The molecule has 1 amide bonds. The molecule has 4 heteroatoms. The fraction of sp³-hybridized carbons (Fsp3) is 0.583. The third-order valence-corrected chi connectivity index (χ3v) is 4.11. The van der Waals surface area contributed by atoms with Crippen molar-refractivity contribution in [3.8, 4) is 0 Å². The minimum absolute atomic E-state index is 0.0709. The highest BCUT2D eigenvalue weighted by atomic mass is 32.1. The van der Waals surface area contributed by atoms with E-state index in [1.54, 1.807) is 0 Å². The lowest BCUT2D eigenvalue weighted by molar-refractivity contribution is 0.0450. The molecule has 2 N–H and O–H groups in total. The lowest BCUT2D eigenvalue weighted by atomic mass is 10.0. The summed E-state index contributed by atoms with van der Waals surface area (Å²) in [5.41, 5.74) is 0.442. The molecule has 0 aromatic carbocycles. The predicted molar refractivity (Wildman–Crippen MR) is 64.8 cm³/mol. The van der Waals surface area contributed by atoms with Gasteiger partial charge in [0.2, 0.25) is 0 Å². The number of amides is 1. The zero-order valence-electron chi connectivity index (χ0n) is 9.45. The average Bonchev–Trinajstić information content (AvgIpc) is 2.85. The maximum absolute atomic E-state index is 11.7. The lowest BCUT2D eigenvalue weighted by Crippen LogP contribution is -2.40. The highest BCUT2D eigenvalue weighted by Gasteiger charge is 2.31. The number of aryl methyl sites for hydroxylation is 1. The molecule has 0 atom stereocenters. The number of carbonyl (C=O) groups is 1. The van der Waals surface area contributed by atoms with Gasteiger partial charge in [0.1, 0.15) is 0 Å². The maximum atomic E-state index is 11.7. The van der Waals surface area contributed by atoms with Gasteiger partial charge in [0, 0.05) is 6.54 Å². The average molecular weight is 239 g/mol. The molecule has 1 aromatic rings. The molecule has 1 aliphatic carbocycles. The first-order chi connectivity index (χ1) is 7.59. The van der Waals surface area contributed by atoms with Crippen LogP contribution in [0.1, 0.15) is 40.9 Å². The lowest BCUT2D eigenvalue weighted by Gasteiger charge is -2.21. The summed E-state index contributed by atoms with van der Waals surface area (Å²) in [7, 11) is 0. The molecule has 16 heavy (non-hydrogen) atoms. The minimum atomic E-state index is -0.665. The summed E-state index contributed by atoms with van der Waals surface area (Å²) in [6.07, 6.45) is 3.72. The van der Waals surface area contributed by atoms with E-state index in [1.165, 1.54) is 11.3 Å². The van der Waals surface area contributed by atoms with Crippen LogP contribution in [0, 0.1) is 6.92 Å². The van der Waals surface area contributed by atoms with Crippen LogP contribution in [-0.2, 0) is 0 Å². The van der Waals surface area contributed by atoms with Gasteiger partial charge in [-0.2, -0.15) is 0 Å². The summed E-state index contributed by atoms with van der Waals surface area (Å²) in [6.45, 7) is 2.35. The highest BCUT2D eigenvalue weighted by molar-refractivity contribution is 7.12. The molecule has 1 aliphatic rings. The fourth-order valence-corrected chi connectivity index (χ4v) is 2.91. The van der Waals surface area contributed by atoms with Gasteiger partial charge in [0.05, 0.1) is 10.5 Å². The Morgan fingerprint density at radius 3 is 2.81 bits per heavy atom. The molecule has 0 radical (unpaired) electrons. The van der Waals surface area contributed by atoms with Crippen LogP contribution in [0.3, 0.4) is 0 Å². The molecule has 0 unspecified atom stereocenters. The van der Waals surface area contributed by atoms with Crippen molar-refractivity contribution in [2.75, 3.05) is 6.54 Å². The Kier molecular flexibility index (Phi) is 3.30. The molecule has 0 aliphatic heterocycles. The van der Waals surface area contributed by atoms with Crippen LogP contribution < -0.4 is 5.32 Å². The molecule has 0 spiro atoms. The first kappa shape index (κ1) is 11.6. The maximum Gasteiger partial charge on any atom is 0.261 e. The summed E-state index contributed by atoms with van der Waals surface area (Å²) < 4.78 is 0. The van der Waals surface area contributed by atoms with Crippen LogP contribution in [0.2, 0.25) is 0 Å². The second kappa shape index (κ2) is 4.55. The second-order valence-electron chi connectivity index (χ2n) is 4.60. The van der Waals surface area contributed by atoms with Crippen LogP contribution in [0.4, 0.5) is 0 Å². The number of thiophene rings is 1. The number of carbonyl (C=O) groups excluding carboxylic acids is 1. The standard InChI is InChI=1S/C12H17NO2S/c1-9-6-10(16-7-9)11(14)13-8-12(15)4-2-3-5-12/h6-7,15H,2-5,8H2,1H3,(H,13,14). The Morgan fingerprint density at radius 2 is 2.25 bits per heavy atom. The largest absolute Gasteiger partial charge is 0.388 e. The first-order valence-electron chi connectivity index (χ1n) is 5.65. The summed E-state index contributed by atoms with van der Waals surface area (Å²) in [5.74, 6) is -0.0709. The third kappa shape index (κ3) is 2.62. The van der Waals surface area contributed by atoms with E-state index in [9.17, 15) is 9.90 Å². The third-order valence-electron chi connectivity index (χ3n) is 3.07. The molecule has 1 fully saturated rings. The number of aliphatic hydroxyl groups is 1. The SMILES string of the molecule is Cc1csc(C(=O)NCC2(O)CCCC2)c1. The zero-order valence-corrected chi connectivity index (χ0v) is 10.3. The van der Waals surface area contributed by atoms with Crippen LogP contribution in [0.5, 0.6) is 0 Å². The number of hydrogen-bond acceptors (Lipinski definition) is 3. The van der Waals surface area contributed by atoms with Gasteiger partial charge in [0.25, 0.3) is 5.91 Å². The summed E-state index contributed by atoms with van der Waals surface area (Å²) >= 11 is 1.45. The van der Waals surface area contributed by atoms with Gasteiger partial charge in [0.15, 0.2) is 0 Å². The quantitative estimate of drug-likeness (QED) is 0.848. The number of rotatable bonds is 3. The van der Waals surface area contributed by atoms with Crippen LogP contribution in [0.25, 0.3) is 0 Å².